The van der Waals surface area contributed by atoms with E-state index in [2.05, 4.69) is 20.4 Å². The number of carbonyl (C=O) groups excluding carboxylic acids is 1. The van der Waals surface area contributed by atoms with E-state index in [-0.39, 0.29) is 24.5 Å². The van der Waals surface area contributed by atoms with Crippen LogP contribution in [-0.4, -0.2) is 27.7 Å². The van der Waals surface area contributed by atoms with E-state index in [0.717, 1.165) is 12.1 Å². The number of anilines is 1. The molecule has 0 saturated heterocycles. The zero-order chi connectivity index (χ0) is 14.5. The van der Waals surface area contributed by atoms with Gasteiger partial charge in [0, 0.05) is 5.56 Å². The summed E-state index contributed by atoms with van der Waals surface area (Å²) in [5.41, 5.74) is -0.125. The average Bonchev–Trinajstić information content (AvgIpc) is 2.82. The van der Waals surface area contributed by atoms with Crippen LogP contribution in [-0.2, 0) is 11.3 Å². The molecule has 1 aromatic carbocycles. The predicted octanol–water partition coefficient (Wildman–Crippen LogP) is 2.17. The minimum atomic E-state index is -0.670. The molecule has 1 heterocycles. The number of hydrogen-bond donors (Lipinski definition) is 1. The summed E-state index contributed by atoms with van der Waals surface area (Å²) in [6.45, 7) is 1.76. The van der Waals surface area contributed by atoms with E-state index in [1.807, 2.05) is 0 Å². The molecule has 1 N–H and O–H groups in total. The highest BCUT2D eigenvalue weighted by Gasteiger charge is 2.11. The topological polar surface area (TPSA) is 69.0 Å². The fraction of sp³-hybridized carbons (Fsp3) is 0.250. The summed E-state index contributed by atoms with van der Waals surface area (Å²) in [5, 5.41) is 9.66. The van der Waals surface area contributed by atoms with E-state index in [1.165, 1.54) is 16.9 Å². The van der Waals surface area contributed by atoms with Gasteiger partial charge in [-0.2, -0.15) is 0 Å². The summed E-state index contributed by atoms with van der Waals surface area (Å²) < 4.78 is 32.8. The van der Waals surface area contributed by atoms with Crippen LogP contribution in [0.4, 0.5) is 19.4 Å². The Bertz CT molecular complexity index is 595. The van der Waals surface area contributed by atoms with Gasteiger partial charge in [0.05, 0.1) is 19.3 Å². The molecule has 0 aliphatic rings. The lowest BCUT2D eigenvalue weighted by molar-refractivity contribution is 0.168. The van der Waals surface area contributed by atoms with Crippen LogP contribution in [0.2, 0.25) is 0 Å². The number of halogens is 2. The summed E-state index contributed by atoms with van der Waals surface area (Å²) in [4.78, 5) is 11.2. The Morgan fingerprint density at radius 3 is 2.75 bits per heavy atom. The zero-order valence-corrected chi connectivity index (χ0v) is 10.6. The van der Waals surface area contributed by atoms with E-state index < -0.39 is 17.7 Å². The molecule has 1 aromatic heterocycles. The minimum absolute atomic E-state index is 0.125. The molecule has 0 aliphatic heterocycles. The molecule has 0 fully saturated rings. The molecule has 1 amide bonds. The Labute approximate surface area is 113 Å². The van der Waals surface area contributed by atoms with Crippen molar-refractivity contribution in [1.82, 2.24) is 15.0 Å². The van der Waals surface area contributed by atoms with Gasteiger partial charge >= 0.3 is 6.09 Å². The normalized spacial score (nSPS) is 10.3. The molecule has 0 atom stereocenters. The molecule has 0 spiro atoms. The largest absolute Gasteiger partial charge is 0.450 e. The second-order valence-corrected chi connectivity index (χ2v) is 3.85. The van der Waals surface area contributed by atoms with Gasteiger partial charge in [0.1, 0.15) is 11.6 Å². The number of hydrogen-bond acceptors (Lipinski definition) is 4. The molecule has 0 unspecified atom stereocenters. The van der Waals surface area contributed by atoms with Crippen LogP contribution in [0, 0.1) is 11.6 Å². The van der Waals surface area contributed by atoms with E-state index in [4.69, 9.17) is 0 Å². The van der Waals surface area contributed by atoms with Gasteiger partial charge in [0.15, 0.2) is 5.82 Å². The van der Waals surface area contributed by atoms with Crippen molar-refractivity contribution in [2.75, 3.05) is 11.9 Å². The molecule has 0 radical (unpaired) electrons. The van der Waals surface area contributed by atoms with Crippen LogP contribution in [0.5, 0.6) is 0 Å². The zero-order valence-electron chi connectivity index (χ0n) is 10.6. The Morgan fingerprint density at radius 1 is 1.40 bits per heavy atom. The second-order valence-electron chi connectivity index (χ2n) is 3.85. The summed E-state index contributed by atoms with van der Waals surface area (Å²) in [5.74, 6) is -1.19. The Morgan fingerprint density at radius 2 is 2.10 bits per heavy atom. The first-order valence-electron chi connectivity index (χ1n) is 5.87. The smallest absolute Gasteiger partial charge is 0.412 e. The molecule has 0 bridgehead atoms. The summed E-state index contributed by atoms with van der Waals surface area (Å²) in [6, 6.07) is 3.60. The summed E-state index contributed by atoms with van der Waals surface area (Å²) >= 11 is 0. The van der Waals surface area contributed by atoms with Crippen molar-refractivity contribution in [3.63, 3.8) is 0 Å². The fourth-order valence-corrected chi connectivity index (χ4v) is 1.55. The number of ether oxygens (including phenoxy) is 1. The predicted molar refractivity (Wildman–Crippen MR) is 66.1 cm³/mol. The first-order valence-corrected chi connectivity index (χ1v) is 5.87. The van der Waals surface area contributed by atoms with Gasteiger partial charge in [-0.15, -0.1) is 5.10 Å². The van der Waals surface area contributed by atoms with Crippen LogP contribution in [0.3, 0.4) is 0 Å². The van der Waals surface area contributed by atoms with E-state index in [9.17, 15) is 13.6 Å². The van der Waals surface area contributed by atoms with Crippen molar-refractivity contribution in [2.24, 2.45) is 0 Å². The van der Waals surface area contributed by atoms with E-state index in [1.54, 1.807) is 6.92 Å². The first-order chi connectivity index (χ1) is 9.60. The molecule has 2 rings (SSSR count). The molecular weight excluding hydrogens is 270 g/mol. The molecule has 20 heavy (non-hydrogen) atoms. The lowest BCUT2D eigenvalue weighted by Gasteiger charge is -2.04. The molecule has 2 aromatic rings. The highest BCUT2D eigenvalue weighted by molar-refractivity contribution is 5.82. The Hall–Kier alpha value is -2.51. The highest BCUT2D eigenvalue weighted by Crippen LogP contribution is 2.13. The van der Waals surface area contributed by atoms with Crippen LogP contribution >= 0.6 is 0 Å². The number of amides is 1. The van der Waals surface area contributed by atoms with Crippen molar-refractivity contribution in [1.29, 1.82) is 0 Å². The van der Waals surface area contributed by atoms with Crippen LogP contribution in [0.25, 0.3) is 0 Å². The standard InChI is InChI=1S/C12H12F2N4O2/c1-2-20-12(19)15-11-7-18(17-16-11)6-8-9(13)4-3-5-10(8)14/h3-5,7H,2,6H2,1H3,(H,15,19). The number of nitrogens with one attached hydrogen (secondary N) is 1. The second kappa shape index (κ2) is 6.09. The first kappa shape index (κ1) is 13.9. The van der Waals surface area contributed by atoms with Crippen molar-refractivity contribution in [2.45, 2.75) is 13.5 Å². The van der Waals surface area contributed by atoms with Gasteiger partial charge in [0.25, 0.3) is 0 Å². The molecular formula is C12H12F2N4O2. The third-order valence-electron chi connectivity index (χ3n) is 2.43. The third kappa shape index (κ3) is 3.28. The SMILES string of the molecule is CCOC(=O)Nc1cn(Cc2c(F)cccc2F)nn1. The maximum Gasteiger partial charge on any atom is 0.412 e. The van der Waals surface area contributed by atoms with Crippen LogP contribution in [0.1, 0.15) is 12.5 Å². The van der Waals surface area contributed by atoms with Crippen molar-refractivity contribution < 1.29 is 18.3 Å². The summed E-state index contributed by atoms with van der Waals surface area (Å²) in [7, 11) is 0. The van der Waals surface area contributed by atoms with E-state index in [0.29, 0.717) is 0 Å². The van der Waals surface area contributed by atoms with Crippen LogP contribution in [0.15, 0.2) is 24.4 Å². The number of carbonyl (C=O) groups is 1. The van der Waals surface area contributed by atoms with Crippen molar-refractivity contribution in [3.8, 4) is 0 Å². The van der Waals surface area contributed by atoms with Gasteiger partial charge in [-0.25, -0.2) is 18.3 Å². The lowest BCUT2D eigenvalue weighted by atomic mass is 10.2. The fourth-order valence-electron chi connectivity index (χ4n) is 1.55. The Kier molecular flexibility index (Phi) is 4.24. The molecule has 106 valence electrons. The maximum absolute atomic E-state index is 13.5. The van der Waals surface area contributed by atoms with Gasteiger partial charge < -0.3 is 4.74 Å². The quantitative estimate of drug-likeness (QED) is 0.933. The van der Waals surface area contributed by atoms with E-state index >= 15 is 0 Å². The molecule has 0 aliphatic carbocycles. The number of rotatable bonds is 4. The maximum atomic E-state index is 13.5. The minimum Gasteiger partial charge on any atom is -0.450 e. The molecule has 6 nitrogen and oxygen atoms in total. The number of aromatic nitrogens is 3. The van der Waals surface area contributed by atoms with Crippen LogP contribution < -0.4 is 5.32 Å². The number of nitrogens with zero attached hydrogens (tertiary/aromatic N) is 3. The number of benzene rings is 1. The van der Waals surface area contributed by atoms with Crippen molar-refractivity contribution in [3.05, 3.63) is 41.6 Å². The lowest BCUT2D eigenvalue weighted by Crippen LogP contribution is -2.13. The molecule has 0 saturated carbocycles. The molecule has 8 heteroatoms. The monoisotopic (exact) mass is 282 g/mol. The summed E-state index contributed by atoms with van der Waals surface area (Å²) in [6.07, 6.45) is 0.680. The van der Waals surface area contributed by atoms with Gasteiger partial charge in [0.2, 0.25) is 0 Å². The van der Waals surface area contributed by atoms with Gasteiger partial charge in [-0.3, -0.25) is 5.32 Å². The third-order valence-corrected chi connectivity index (χ3v) is 2.43. The average molecular weight is 282 g/mol. The van der Waals surface area contributed by atoms with Gasteiger partial charge in [-0.05, 0) is 19.1 Å². The Balaban J connectivity index is 2.08. The highest BCUT2D eigenvalue weighted by atomic mass is 19.1. The van der Waals surface area contributed by atoms with Gasteiger partial charge in [-0.1, -0.05) is 11.3 Å². The van der Waals surface area contributed by atoms with Crippen molar-refractivity contribution >= 4 is 11.9 Å².